The second-order valence-corrected chi connectivity index (χ2v) is 3.64. The van der Waals surface area contributed by atoms with E-state index in [0.717, 1.165) is 0 Å². The number of hydrogen-bond donors (Lipinski definition) is 0. The highest BCUT2D eigenvalue weighted by Gasteiger charge is 2.64. The lowest BCUT2D eigenvalue weighted by Crippen LogP contribution is -2.08. The average Bonchev–Trinajstić information content (AvgIpc) is 2.22. The van der Waals surface area contributed by atoms with Gasteiger partial charge in [0.05, 0.1) is 16.2 Å². The van der Waals surface area contributed by atoms with E-state index >= 15 is 0 Å². The average molecular weight is 187 g/mol. The highest BCUT2D eigenvalue weighted by atomic mass is 35.5. The van der Waals surface area contributed by atoms with Crippen LogP contribution in [0, 0.1) is 5.41 Å². The SMILES string of the molecule is CC1(C(=O)Cl)C(Cl)C1Cl. The quantitative estimate of drug-likeness (QED) is 0.453. The minimum absolute atomic E-state index is 0.288. The topological polar surface area (TPSA) is 17.1 Å². The zero-order valence-electron chi connectivity index (χ0n) is 4.70. The predicted octanol–water partition coefficient (Wildman–Crippen LogP) is 1.99. The van der Waals surface area contributed by atoms with Crippen LogP contribution < -0.4 is 0 Å². The van der Waals surface area contributed by atoms with Crippen molar-refractivity contribution in [2.75, 3.05) is 0 Å². The summed E-state index contributed by atoms with van der Waals surface area (Å²) in [4.78, 5) is 10.5. The molecule has 1 nitrogen and oxygen atoms in total. The van der Waals surface area contributed by atoms with Gasteiger partial charge in [-0.15, -0.1) is 23.2 Å². The number of alkyl halides is 2. The molecule has 0 saturated heterocycles. The summed E-state index contributed by atoms with van der Waals surface area (Å²) >= 11 is 16.4. The summed E-state index contributed by atoms with van der Waals surface area (Å²) < 4.78 is 0. The molecule has 0 radical (unpaired) electrons. The monoisotopic (exact) mass is 186 g/mol. The van der Waals surface area contributed by atoms with Crippen molar-refractivity contribution in [3.05, 3.63) is 0 Å². The molecule has 0 aromatic heterocycles. The smallest absolute Gasteiger partial charge is 0.230 e. The van der Waals surface area contributed by atoms with Gasteiger partial charge in [-0.25, -0.2) is 0 Å². The molecule has 1 fully saturated rings. The maximum absolute atomic E-state index is 10.5. The van der Waals surface area contributed by atoms with E-state index in [1.54, 1.807) is 6.92 Å². The lowest BCUT2D eigenvalue weighted by molar-refractivity contribution is -0.115. The van der Waals surface area contributed by atoms with E-state index in [1.807, 2.05) is 0 Å². The molecule has 9 heavy (non-hydrogen) atoms. The molecule has 1 saturated carbocycles. The van der Waals surface area contributed by atoms with Gasteiger partial charge in [-0.05, 0) is 18.5 Å². The van der Waals surface area contributed by atoms with E-state index in [1.165, 1.54) is 0 Å². The fraction of sp³-hybridized carbons (Fsp3) is 0.800. The second-order valence-electron chi connectivity index (χ2n) is 2.36. The Morgan fingerprint density at radius 3 is 1.78 bits per heavy atom. The van der Waals surface area contributed by atoms with Crippen molar-refractivity contribution >= 4 is 40.0 Å². The maximum Gasteiger partial charge on any atom is 0.230 e. The van der Waals surface area contributed by atoms with Crippen LogP contribution in [0.1, 0.15) is 6.92 Å². The van der Waals surface area contributed by atoms with Crippen molar-refractivity contribution in [3.63, 3.8) is 0 Å². The molecule has 0 amide bonds. The summed E-state index contributed by atoms with van der Waals surface area (Å²) in [5.74, 6) is 0. The van der Waals surface area contributed by atoms with Crippen LogP contribution >= 0.6 is 34.8 Å². The number of rotatable bonds is 1. The molecule has 0 aromatic carbocycles. The lowest BCUT2D eigenvalue weighted by Gasteiger charge is -1.97. The molecule has 2 unspecified atom stereocenters. The Balaban J connectivity index is 2.71. The second kappa shape index (κ2) is 2.01. The first kappa shape index (κ1) is 7.64. The molecule has 4 heteroatoms. The molecule has 52 valence electrons. The zero-order valence-corrected chi connectivity index (χ0v) is 6.96. The van der Waals surface area contributed by atoms with Gasteiger partial charge >= 0.3 is 0 Å². The highest BCUT2D eigenvalue weighted by molar-refractivity contribution is 6.67. The molecule has 2 atom stereocenters. The Morgan fingerprint density at radius 1 is 1.44 bits per heavy atom. The molecular formula is C5H5Cl3O. The molecule has 0 aromatic rings. The third-order valence-electron chi connectivity index (χ3n) is 1.72. The first-order chi connectivity index (χ1) is 4.01. The lowest BCUT2D eigenvalue weighted by atomic mass is 10.2. The minimum atomic E-state index is -0.676. The summed E-state index contributed by atoms with van der Waals surface area (Å²) in [7, 11) is 0. The van der Waals surface area contributed by atoms with Crippen LogP contribution in [0.25, 0.3) is 0 Å². The fourth-order valence-corrected chi connectivity index (χ4v) is 1.89. The van der Waals surface area contributed by atoms with Gasteiger partial charge in [-0.1, -0.05) is 0 Å². The van der Waals surface area contributed by atoms with Gasteiger partial charge in [-0.2, -0.15) is 0 Å². The van der Waals surface area contributed by atoms with E-state index in [2.05, 4.69) is 0 Å². The Morgan fingerprint density at radius 2 is 1.78 bits per heavy atom. The van der Waals surface area contributed by atoms with Gasteiger partial charge < -0.3 is 0 Å². The molecule has 0 aliphatic heterocycles. The Bertz CT molecular complexity index is 148. The largest absolute Gasteiger partial charge is 0.281 e. The van der Waals surface area contributed by atoms with Gasteiger partial charge in [0.15, 0.2) is 0 Å². The summed E-state index contributed by atoms with van der Waals surface area (Å²) in [5, 5.41) is -1.02. The van der Waals surface area contributed by atoms with E-state index < -0.39 is 10.7 Å². The van der Waals surface area contributed by atoms with Crippen LogP contribution in [0.2, 0.25) is 0 Å². The number of hydrogen-bond acceptors (Lipinski definition) is 1. The molecule has 0 N–H and O–H groups in total. The molecule has 0 bridgehead atoms. The molecule has 0 spiro atoms. The Labute approximate surface area is 68.3 Å². The third kappa shape index (κ3) is 0.866. The van der Waals surface area contributed by atoms with E-state index in [9.17, 15) is 4.79 Å². The van der Waals surface area contributed by atoms with Crippen molar-refractivity contribution in [2.24, 2.45) is 5.41 Å². The molecule has 0 heterocycles. The number of carbonyl (C=O) groups excluding carboxylic acids is 1. The number of halogens is 3. The van der Waals surface area contributed by atoms with Crippen molar-refractivity contribution < 1.29 is 4.79 Å². The first-order valence-corrected chi connectivity index (χ1v) is 3.74. The van der Waals surface area contributed by atoms with Crippen LogP contribution in [-0.2, 0) is 4.79 Å². The fourth-order valence-electron chi connectivity index (χ4n) is 0.627. The Hall–Kier alpha value is 0.540. The van der Waals surface area contributed by atoms with Gasteiger partial charge in [0, 0.05) is 0 Å². The summed E-state index contributed by atoms with van der Waals surface area (Å²) in [6.45, 7) is 1.66. The highest BCUT2D eigenvalue weighted by Crippen LogP contribution is 2.55. The normalized spacial score (nSPS) is 48.9. The third-order valence-corrected chi connectivity index (χ3v) is 3.66. The summed E-state index contributed by atoms with van der Waals surface area (Å²) in [5.41, 5.74) is -0.676. The van der Waals surface area contributed by atoms with Crippen LogP contribution in [0.5, 0.6) is 0 Å². The van der Waals surface area contributed by atoms with Crippen LogP contribution in [-0.4, -0.2) is 16.0 Å². The standard InChI is InChI=1S/C5H5Cl3O/c1-5(4(8)9)2(6)3(5)7/h2-3H,1H3. The predicted molar refractivity (Wildman–Crippen MR) is 38.2 cm³/mol. The first-order valence-electron chi connectivity index (χ1n) is 2.49. The van der Waals surface area contributed by atoms with Gasteiger partial charge in [0.1, 0.15) is 0 Å². The van der Waals surface area contributed by atoms with Crippen LogP contribution in [0.4, 0.5) is 0 Å². The van der Waals surface area contributed by atoms with E-state index in [0.29, 0.717) is 0 Å². The van der Waals surface area contributed by atoms with Gasteiger partial charge in [0.25, 0.3) is 0 Å². The van der Waals surface area contributed by atoms with Crippen molar-refractivity contribution in [3.8, 4) is 0 Å². The van der Waals surface area contributed by atoms with Crippen molar-refractivity contribution in [2.45, 2.75) is 17.7 Å². The molecule has 1 aliphatic carbocycles. The number of carbonyl (C=O) groups is 1. The maximum atomic E-state index is 10.5. The zero-order chi connectivity index (χ0) is 7.23. The van der Waals surface area contributed by atoms with Gasteiger partial charge in [-0.3, -0.25) is 4.79 Å². The van der Waals surface area contributed by atoms with Gasteiger partial charge in [0.2, 0.25) is 5.24 Å². The Kier molecular flexibility index (Phi) is 1.71. The molecule has 1 aliphatic rings. The summed E-state index contributed by atoms with van der Waals surface area (Å²) in [6, 6.07) is 0. The van der Waals surface area contributed by atoms with Crippen molar-refractivity contribution in [1.82, 2.24) is 0 Å². The van der Waals surface area contributed by atoms with E-state index in [-0.39, 0.29) is 10.8 Å². The van der Waals surface area contributed by atoms with Crippen LogP contribution in [0.3, 0.4) is 0 Å². The molecule has 1 rings (SSSR count). The van der Waals surface area contributed by atoms with Crippen molar-refractivity contribution in [1.29, 1.82) is 0 Å². The van der Waals surface area contributed by atoms with E-state index in [4.69, 9.17) is 34.8 Å². The molecular weight excluding hydrogens is 182 g/mol. The summed E-state index contributed by atoms with van der Waals surface area (Å²) in [6.07, 6.45) is 0. The minimum Gasteiger partial charge on any atom is -0.281 e. The van der Waals surface area contributed by atoms with Crippen LogP contribution in [0.15, 0.2) is 0 Å².